The van der Waals surface area contributed by atoms with Gasteiger partial charge >= 0.3 is 6.09 Å². The van der Waals surface area contributed by atoms with Crippen LogP contribution in [0.5, 0.6) is 0 Å². The van der Waals surface area contributed by atoms with E-state index < -0.39 is 11.7 Å². The summed E-state index contributed by atoms with van der Waals surface area (Å²) >= 11 is 0. The van der Waals surface area contributed by atoms with Gasteiger partial charge in [-0.15, -0.1) is 24.0 Å². The first-order valence-electron chi connectivity index (χ1n) is 10.9. The largest absolute Gasteiger partial charge is 0.444 e. The average molecular weight is 546 g/mol. The number of benzene rings is 1. The molecular weight excluding hydrogens is 507 g/mol. The Morgan fingerprint density at radius 1 is 1.13 bits per heavy atom. The summed E-state index contributed by atoms with van der Waals surface area (Å²) < 4.78 is 10.9. The topological polar surface area (TPSA) is 84.0 Å². The van der Waals surface area contributed by atoms with Crippen molar-refractivity contribution in [2.24, 2.45) is 4.99 Å². The predicted molar refractivity (Wildman–Crippen MR) is 137 cm³/mol. The van der Waals surface area contributed by atoms with E-state index in [4.69, 9.17) is 14.5 Å². The molecule has 0 atom stereocenters. The Balaban J connectivity index is 0.00000480. The highest BCUT2D eigenvalue weighted by atomic mass is 127. The fraction of sp³-hybridized carbons (Fsp3) is 0.652. The Hall–Kier alpha value is -1.55. The number of aliphatic imine (C=N–C) groups is 1. The molecule has 2 rings (SSSR count). The predicted octanol–water partition coefficient (Wildman–Crippen LogP) is 3.74. The van der Waals surface area contributed by atoms with Crippen LogP contribution in [0, 0.1) is 6.92 Å². The molecule has 0 aromatic heterocycles. The number of carbonyl (C=O) groups excluding carboxylic acids is 1. The van der Waals surface area contributed by atoms with Crippen molar-refractivity contribution < 1.29 is 14.3 Å². The second-order valence-corrected chi connectivity index (χ2v) is 8.76. The number of halogens is 1. The molecule has 1 amide bonds. The number of hydrogen-bond donors (Lipinski definition) is 3. The van der Waals surface area contributed by atoms with Gasteiger partial charge in [-0.25, -0.2) is 4.79 Å². The van der Waals surface area contributed by atoms with Crippen LogP contribution in [0.4, 0.5) is 4.79 Å². The lowest BCUT2D eigenvalue weighted by atomic mass is 9.72. The molecule has 0 unspecified atom stereocenters. The van der Waals surface area contributed by atoms with Crippen LogP contribution in [-0.2, 0) is 14.9 Å². The van der Waals surface area contributed by atoms with E-state index in [1.54, 1.807) is 0 Å². The van der Waals surface area contributed by atoms with Gasteiger partial charge in [0.15, 0.2) is 5.96 Å². The van der Waals surface area contributed by atoms with Gasteiger partial charge in [0, 0.05) is 38.3 Å². The molecule has 0 radical (unpaired) electrons. The summed E-state index contributed by atoms with van der Waals surface area (Å²) in [6.45, 7) is 13.7. The number of rotatable bonds is 7. The zero-order chi connectivity index (χ0) is 22.0. The Labute approximate surface area is 204 Å². The van der Waals surface area contributed by atoms with Crippen molar-refractivity contribution in [2.45, 2.75) is 58.5 Å². The van der Waals surface area contributed by atoms with E-state index >= 15 is 0 Å². The molecule has 1 aromatic carbocycles. The summed E-state index contributed by atoms with van der Waals surface area (Å²) in [6, 6.07) is 8.58. The SMILES string of the molecule is CCNC(=NCC1(c2ccccc2C)CCOCC1)NCCNC(=O)OC(C)(C)C.I. The van der Waals surface area contributed by atoms with E-state index in [0.717, 1.165) is 38.6 Å². The first-order chi connectivity index (χ1) is 14.3. The van der Waals surface area contributed by atoms with Crippen LogP contribution in [-0.4, -0.2) is 57.0 Å². The molecule has 0 bridgehead atoms. The van der Waals surface area contributed by atoms with Crippen LogP contribution in [0.25, 0.3) is 0 Å². The standard InChI is InChI=1S/C23H38N4O3.HI/c1-6-24-20(25-13-14-26-21(28)30-22(3,4)5)27-17-23(11-15-29-16-12-23)19-10-8-7-9-18(19)2;/h7-10H,6,11-17H2,1-5H3,(H,26,28)(H2,24,25,27);1H. The number of ether oxygens (including phenoxy) is 2. The van der Waals surface area contributed by atoms with Crippen LogP contribution < -0.4 is 16.0 Å². The molecule has 1 saturated heterocycles. The third-order valence-corrected chi connectivity index (χ3v) is 5.14. The summed E-state index contributed by atoms with van der Waals surface area (Å²) in [5.41, 5.74) is 2.15. The number of hydrogen-bond acceptors (Lipinski definition) is 4. The summed E-state index contributed by atoms with van der Waals surface area (Å²) in [5, 5.41) is 9.35. The van der Waals surface area contributed by atoms with Gasteiger partial charge in [0.25, 0.3) is 0 Å². The van der Waals surface area contributed by atoms with Crippen molar-refractivity contribution in [3.05, 3.63) is 35.4 Å². The Morgan fingerprint density at radius 3 is 2.39 bits per heavy atom. The van der Waals surface area contributed by atoms with Crippen molar-refractivity contribution >= 4 is 36.0 Å². The fourth-order valence-corrected chi connectivity index (χ4v) is 3.67. The van der Waals surface area contributed by atoms with E-state index in [1.165, 1.54) is 11.1 Å². The molecule has 176 valence electrons. The van der Waals surface area contributed by atoms with Crippen LogP contribution in [0.2, 0.25) is 0 Å². The monoisotopic (exact) mass is 546 g/mol. The third kappa shape index (κ3) is 9.22. The number of amides is 1. The molecule has 0 spiro atoms. The van der Waals surface area contributed by atoms with Gasteiger partial charge in [-0.2, -0.15) is 0 Å². The summed E-state index contributed by atoms with van der Waals surface area (Å²) in [5.74, 6) is 0.753. The number of nitrogens with zero attached hydrogens (tertiary/aromatic N) is 1. The highest BCUT2D eigenvalue weighted by molar-refractivity contribution is 14.0. The minimum Gasteiger partial charge on any atom is -0.444 e. The molecule has 1 aliphatic rings. The maximum Gasteiger partial charge on any atom is 0.407 e. The van der Waals surface area contributed by atoms with Gasteiger partial charge < -0.3 is 25.4 Å². The van der Waals surface area contributed by atoms with Gasteiger partial charge in [0.1, 0.15) is 5.60 Å². The number of aryl methyl sites for hydroxylation is 1. The first-order valence-corrected chi connectivity index (χ1v) is 10.9. The maximum absolute atomic E-state index is 11.8. The maximum atomic E-state index is 11.8. The zero-order valence-electron chi connectivity index (χ0n) is 19.5. The third-order valence-electron chi connectivity index (χ3n) is 5.14. The van der Waals surface area contributed by atoms with E-state index in [1.807, 2.05) is 27.7 Å². The van der Waals surface area contributed by atoms with Gasteiger partial charge in [0.05, 0.1) is 6.54 Å². The van der Waals surface area contributed by atoms with Crippen molar-refractivity contribution in [2.75, 3.05) is 39.4 Å². The number of alkyl carbamates (subject to hydrolysis) is 1. The Morgan fingerprint density at radius 2 is 1.77 bits per heavy atom. The van der Waals surface area contributed by atoms with Crippen molar-refractivity contribution in [1.82, 2.24) is 16.0 Å². The molecule has 7 nitrogen and oxygen atoms in total. The molecule has 1 aromatic rings. The van der Waals surface area contributed by atoms with Crippen molar-refractivity contribution in [3.63, 3.8) is 0 Å². The fourth-order valence-electron chi connectivity index (χ4n) is 3.67. The van der Waals surface area contributed by atoms with Gasteiger partial charge in [-0.3, -0.25) is 4.99 Å². The highest BCUT2D eigenvalue weighted by Crippen LogP contribution is 2.37. The van der Waals surface area contributed by atoms with Crippen LogP contribution >= 0.6 is 24.0 Å². The van der Waals surface area contributed by atoms with E-state index in [0.29, 0.717) is 19.6 Å². The second-order valence-electron chi connectivity index (χ2n) is 8.76. The van der Waals surface area contributed by atoms with E-state index in [2.05, 4.69) is 47.1 Å². The molecule has 1 fully saturated rings. The average Bonchev–Trinajstić information content (AvgIpc) is 2.69. The summed E-state index contributed by atoms with van der Waals surface area (Å²) in [4.78, 5) is 16.7. The van der Waals surface area contributed by atoms with E-state index in [-0.39, 0.29) is 29.4 Å². The van der Waals surface area contributed by atoms with Crippen molar-refractivity contribution in [3.8, 4) is 0 Å². The lowest BCUT2D eigenvalue weighted by Gasteiger charge is -2.37. The summed E-state index contributed by atoms with van der Waals surface area (Å²) in [7, 11) is 0. The molecular formula is C23H39IN4O3. The van der Waals surface area contributed by atoms with E-state index in [9.17, 15) is 4.79 Å². The molecule has 1 heterocycles. The quantitative estimate of drug-likeness (QED) is 0.210. The lowest BCUT2D eigenvalue weighted by Crippen LogP contribution is -2.44. The van der Waals surface area contributed by atoms with Crippen LogP contribution in [0.3, 0.4) is 0 Å². The minimum atomic E-state index is -0.499. The minimum absolute atomic E-state index is 0. The smallest absolute Gasteiger partial charge is 0.407 e. The van der Waals surface area contributed by atoms with Crippen LogP contribution in [0.15, 0.2) is 29.3 Å². The van der Waals surface area contributed by atoms with Gasteiger partial charge in [-0.05, 0) is 58.6 Å². The Kier molecular flexibility index (Phi) is 11.6. The Bertz CT molecular complexity index is 713. The molecule has 8 heteroatoms. The van der Waals surface area contributed by atoms with Gasteiger partial charge in [0.2, 0.25) is 0 Å². The molecule has 0 aliphatic carbocycles. The zero-order valence-corrected chi connectivity index (χ0v) is 21.9. The first kappa shape index (κ1) is 27.5. The highest BCUT2D eigenvalue weighted by Gasteiger charge is 2.35. The number of guanidine groups is 1. The normalized spacial score (nSPS) is 16.1. The summed E-state index contributed by atoms with van der Waals surface area (Å²) in [6.07, 6.45) is 1.51. The second kappa shape index (κ2) is 13.1. The van der Waals surface area contributed by atoms with Gasteiger partial charge in [-0.1, -0.05) is 24.3 Å². The van der Waals surface area contributed by atoms with Crippen LogP contribution in [0.1, 0.15) is 51.7 Å². The molecule has 1 aliphatic heterocycles. The number of carbonyl (C=O) groups is 1. The molecule has 31 heavy (non-hydrogen) atoms. The molecule has 0 saturated carbocycles. The molecule has 3 N–H and O–H groups in total. The van der Waals surface area contributed by atoms with Crippen molar-refractivity contribution in [1.29, 1.82) is 0 Å². The lowest BCUT2D eigenvalue weighted by molar-refractivity contribution is 0.0526. The number of nitrogens with one attached hydrogen (secondary N) is 3.